The van der Waals surface area contributed by atoms with Crippen molar-refractivity contribution in [2.75, 3.05) is 24.1 Å². The van der Waals surface area contributed by atoms with E-state index < -0.39 is 0 Å². The minimum atomic E-state index is 0. The van der Waals surface area contributed by atoms with Crippen molar-refractivity contribution in [2.45, 2.75) is 39.8 Å². The Hall–Kier alpha value is -4.88. The van der Waals surface area contributed by atoms with Crippen molar-refractivity contribution in [1.82, 2.24) is 34.4 Å². The SMILES string of the molecule is C.Cc1ccc2nc(-c3cccnc3N)n(-c3ccc(CN4CCC(Nc5ccnc(C#N)n5)CC4)cc3)c2n1. The van der Waals surface area contributed by atoms with Crippen molar-refractivity contribution in [1.29, 1.82) is 5.26 Å². The molecule has 5 heterocycles. The molecule has 10 heteroatoms. The number of fused-ring (bicyclic) bond motifs is 1. The number of benzene rings is 1. The molecule has 3 N–H and O–H groups in total. The maximum absolute atomic E-state index is 9.02. The molecule has 6 rings (SSSR count). The van der Waals surface area contributed by atoms with Gasteiger partial charge in [0.05, 0.1) is 5.56 Å². The monoisotopic (exact) mass is 532 g/mol. The molecule has 0 radical (unpaired) electrons. The maximum Gasteiger partial charge on any atom is 0.234 e. The number of nitrogens with two attached hydrogens (primary N) is 1. The Balaban J connectivity index is 0.00000323. The summed E-state index contributed by atoms with van der Waals surface area (Å²) in [5, 5.41) is 12.5. The smallest absolute Gasteiger partial charge is 0.234 e. The molecule has 1 aromatic carbocycles. The molecule has 5 aromatic rings. The zero-order chi connectivity index (χ0) is 26.8. The third-order valence-corrected chi connectivity index (χ3v) is 7.02. The van der Waals surface area contributed by atoms with Gasteiger partial charge >= 0.3 is 0 Å². The van der Waals surface area contributed by atoms with Crippen LogP contribution in [-0.4, -0.2) is 53.5 Å². The highest BCUT2D eigenvalue weighted by Crippen LogP contribution is 2.30. The summed E-state index contributed by atoms with van der Waals surface area (Å²) in [5.74, 6) is 2.05. The first-order valence-corrected chi connectivity index (χ1v) is 13.0. The second-order valence-corrected chi connectivity index (χ2v) is 9.74. The van der Waals surface area contributed by atoms with E-state index in [1.165, 1.54) is 5.56 Å². The number of aryl methyl sites for hydroxylation is 1. The first-order chi connectivity index (χ1) is 19.1. The molecule has 40 heavy (non-hydrogen) atoms. The molecule has 0 saturated carbocycles. The van der Waals surface area contributed by atoms with Crippen LogP contribution >= 0.6 is 0 Å². The molecule has 0 unspecified atom stereocenters. The van der Waals surface area contributed by atoms with E-state index in [2.05, 4.69) is 54.0 Å². The number of imidazole rings is 1. The highest BCUT2D eigenvalue weighted by atomic mass is 15.2. The van der Waals surface area contributed by atoms with Gasteiger partial charge in [0.2, 0.25) is 5.82 Å². The molecule has 0 amide bonds. The van der Waals surface area contributed by atoms with Crippen LogP contribution in [0.15, 0.2) is 67.0 Å². The average molecular weight is 533 g/mol. The molecule has 1 aliphatic rings. The summed E-state index contributed by atoms with van der Waals surface area (Å²) in [5.41, 5.74) is 11.8. The van der Waals surface area contributed by atoms with Crippen molar-refractivity contribution < 1.29 is 0 Å². The van der Waals surface area contributed by atoms with E-state index in [0.717, 1.165) is 66.4 Å². The summed E-state index contributed by atoms with van der Waals surface area (Å²) in [7, 11) is 0. The molecule has 4 aromatic heterocycles. The van der Waals surface area contributed by atoms with Gasteiger partial charge < -0.3 is 11.1 Å². The lowest BCUT2D eigenvalue weighted by atomic mass is 10.0. The van der Waals surface area contributed by atoms with Crippen molar-refractivity contribution in [3.8, 4) is 23.1 Å². The minimum absolute atomic E-state index is 0. The summed E-state index contributed by atoms with van der Waals surface area (Å²) < 4.78 is 2.06. The van der Waals surface area contributed by atoms with Gasteiger partial charge in [-0.3, -0.25) is 9.47 Å². The largest absolute Gasteiger partial charge is 0.383 e. The van der Waals surface area contributed by atoms with Gasteiger partial charge in [0.1, 0.15) is 23.2 Å². The van der Waals surface area contributed by atoms with Gasteiger partial charge in [-0.25, -0.2) is 24.9 Å². The van der Waals surface area contributed by atoms with Crippen LogP contribution < -0.4 is 11.1 Å². The molecule has 1 fully saturated rings. The van der Waals surface area contributed by atoms with Crippen molar-refractivity contribution in [2.24, 2.45) is 0 Å². The second kappa shape index (κ2) is 11.5. The number of hydrogen-bond donors (Lipinski definition) is 2. The number of nitrogens with one attached hydrogen (secondary N) is 1. The highest BCUT2D eigenvalue weighted by molar-refractivity contribution is 5.82. The number of hydrogen-bond acceptors (Lipinski definition) is 9. The van der Waals surface area contributed by atoms with Crippen LogP contribution in [0.25, 0.3) is 28.2 Å². The topological polar surface area (TPSA) is 134 Å². The quantitative estimate of drug-likeness (QED) is 0.318. The Morgan fingerprint density at radius 1 is 0.975 bits per heavy atom. The van der Waals surface area contributed by atoms with Gasteiger partial charge in [-0.15, -0.1) is 0 Å². The molecule has 202 valence electrons. The van der Waals surface area contributed by atoms with Crippen LogP contribution in [0.5, 0.6) is 0 Å². The van der Waals surface area contributed by atoms with Gasteiger partial charge in [-0.1, -0.05) is 19.6 Å². The van der Waals surface area contributed by atoms with E-state index >= 15 is 0 Å². The third-order valence-electron chi connectivity index (χ3n) is 7.02. The summed E-state index contributed by atoms with van der Waals surface area (Å²) in [6, 6.07) is 20.5. The van der Waals surface area contributed by atoms with E-state index in [1.54, 1.807) is 12.4 Å². The van der Waals surface area contributed by atoms with Crippen LogP contribution in [-0.2, 0) is 6.54 Å². The maximum atomic E-state index is 9.02. The number of piperidine rings is 1. The standard InChI is InChI=1S/C29H28N10.CH4/c1-19-4-9-24-29(34-19)39(28(36-24)23-3-2-13-33-27(23)31)22-7-5-20(6-8-22)18-38-15-11-21(12-16-38)35-25-10-14-32-26(17-30)37-25;/h2-10,13-14,21H,11-12,15-16,18H2,1H3,(H2,31,33)(H,32,35,37);1H4. The lowest BCUT2D eigenvalue weighted by Crippen LogP contribution is -2.38. The summed E-state index contributed by atoms with van der Waals surface area (Å²) in [4.78, 5) is 24.6. The van der Waals surface area contributed by atoms with Crippen molar-refractivity contribution in [3.63, 3.8) is 0 Å². The lowest BCUT2D eigenvalue weighted by Gasteiger charge is -2.32. The predicted molar refractivity (Wildman–Crippen MR) is 157 cm³/mol. The van der Waals surface area contributed by atoms with Crippen molar-refractivity contribution in [3.05, 3.63) is 84.1 Å². The Morgan fingerprint density at radius 2 is 1.77 bits per heavy atom. The first-order valence-electron chi connectivity index (χ1n) is 13.0. The number of aromatic nitrogens is 6. The molecule has 0 aliphatic carbocycles. The van der Waals surface area contributed by atoms with Crippen LogP contribution in [0.2, 0.25) is 0 Å². The summed E-state index contributed by atoms with van der Waals surface area (Å²) >= 11 is 0. The normalized spacial score (nSPS) is 14.0. The number of nitrogen functional groups attached to an aromatic ring is 1. The van der Waals surface area contributed by atoms with Gasteiger partial charge in [0.25, 0.3) is 0 Å². The van der Waals surface area contributed by atoms with Crippen LogP contribution in [0.3, 0.4) is 0 Å². The van der Waals surface area contributed by atoms with Gasteiger partial charge in [-0.2, -0.15) is 5.26 Å². The van der Waals surface area contributed by atoms with E-state index in [-0.39, 0.29) is 13.3 Å². The number of nitriles is 1. The van der Waals surface area contributed by atoms with E-state index in [1.807, 2.05) is 43.3 Å². The molecule has 0 bridgehead atoms. The van der Waals surface area contributed by atoms with Gasteiger partial charge in [0, 0.05) is 49.5 Å². The second-order valence-electron chi connectivity index (χ2n) is 9.74. The Labute approximate surface area is 233 Å². The number of pyridine rings is 2. The van der Waals surface area contributed by atoms with Gasteiger partial charge in [-0.05, 0) is 67.8 Å². The number of anilines is 2. The summed E-state index contributed by atoms with van der Waals surface area (Å²) in [6.45, 7) is 4.82. The Bertz CT molecular complexity index is 1660. The van der Waals surface area contributed by atoms with E-state index in [4.69, 9.17) is 21.0 Å². The predicted octanol–water partition coefficient (Wildman–Crippen LogP) is 4.75. The van der Waals surface area contributed by atoms with Crippen LogP contribution in [0.1, 0.15) is 37.4 Å². The average Bonchev–Trinajstić information content (AvgIpc) is 3.33. The molecule has 0 spiro atoms. The molecule has 10 nitrogen and oxygen atoms in total. The third kappa shape index (κ3) is 5.46. The fourth-order valence-electron chi connectivity index (χ4n) is 5.03. The van der Waals surface area contributed by atoms with Crippen LogP contribution in [0.4, 0.5) is 11.6 Å². The number of likely N-dealkylation sites (tertiary alicyclic amines) is 1. The van der Waals surface area contributed by atoms with E-state index in [9.17, 15) is 0 Å². The molecular weight excluding hydrogens is 500 g/mol. The summed E-state index contributed by atoms with van der Waals surface area (Å²) in [6.07, 6.45) is 5.31. The highest BCUT2D eigenvalue weighted by Gasteiger charge is 2.21. The van der Waals surface area contributed by atoms with E-state index in [0.29, 0.717) is 17.7 Å². The Kier molecular flexibility index (Phi) is 7.66. The fraction of sp³-hybridized carbons (Fsp3) is 0.267. The van der Waals surface area contributed by atoms with Crippen molar-refractivity contribution >= 4 is 22.8 Å². The zero-order valence-electron chi connectivity index (χ0n) is 21.6. The zero-order valence-corrected chi connectivity index (χ0v) is 21.6. The number of rotatable bonds is 6. The van der Waals surface area contributed by atoms with Gasteiger partial charge in [0.15, 0.2) is 11.5 Å². The van der Waals surface area contributed by atoms with Crippen LogP contribution in [0, 0.1) is 18.3 Å². The molecule has 1 aliphatic heterocycles. The molecule has 0 atom stereocenters. The fourth-order valence-corrected chi connectivity index (χ4v) is 5.03. The molecular formula is C30H32N10. The lowest BCUT2D eigenvalue weighted by molar-refractivity contribution is 0.211. The first kappa shape index (κ1) is 26.7. The molecule has 1 saturated heterocycles. The number of nitrogens with zero attached hydrogens (tertiary/aromatic N) is 8. The Morgan fingerprint density at radius 3 is 2.52 bits per heavy atom. The minimum Gasteiger partial charge on any atom is -0.383 e.